The molecule has 1 heterocycles. The zero-order valence-corrected chi connectivity index (χ0v) is 12.5. The number of piperidine rings is 1. The van der Waals surface area contributed by atoms with Crippen LogP contribution in [0.5, 0.6) is 0 Å². The van der Waals surface area contributed by atoms with Crippen molar-refractivity contribution < 1.29 is 0 Å². The monoisotopic (exact) mass is 264 g/mol. The van der Waals surface area contributed by atoms with E-state index in [1.54, 1.807) is 11.8 Å². The van der Waals surface area contributed by atoms with Crippen molar-refractivity contribution in [3.63, 3.8) is 0 Å². The Morgan fingerprint density at radius 3 is 2.56 bits per heavy atom. The van der Waals surface area contributed by atoms with Crippen LogP contribution < -0.4 is 5.73 Å². The van der Waals surface area contributed by atoms with E-state index in [1.807, 2.05) is 0 Å². The maximum Gasteiger partial charge on any atom is 0.0234 e. The van der Waals surface area contributed by atoms with Crippen LogP contribution >= 0.6 is 11.8 Å². The molecule has 18 heavy (non-hydrogen) atoms. The zero-order valence-electron chi connectivity index (χ0n) is 11.6. The lowest BCUT2D eigenvalue weighted by Crippen LogP contribution is -2.52. The molecule has 1 saturated heterocycles. The summed E-state index contributed by atoms with van der Waals surface area (Å²) in [6.45, 7) is 7.82. The number of hydrogen-bond donors (Lipinski definition) is 1. The summed E-state index contributed by atoms with van der Waals surface area (Å²) >= 11 is 1.79. The molecular weight excluding hydrogens is 240 g/mol. The van der Waals surface area contributed by atoms with Gasteiger partial charge in [0.2, 0.25) is 0 Å². The van der Waals surface area contributed by atoms with Crippen molar-refractivity contribution in [1.82, 2.24) is 4.90 Å². The average Bonchev–Trinajstić information content (AvgIpc) is 2.34. The number of nitrogens with two attached hydrogens (primary N) is 1. The largest absolute Gasteiger partial charge is 0.327 e. The van der Waals surface area contributed by atoms with Crippen molar-refractivity contribution in [3.05, 3.63) is 29.8 Å². The van der Waals surface area contributed by atoms with Crippen molar-refractivity contribution in [1.29, 1.82) is 0 Å². The van der Waals surface area contributed by atoms with Gasteiger partial charge in [-0.15, -0.1) is 11.8 Å². The molecule has 0 aliphatic carbocycles. The van der Waals surface area contributed by atoms with E-state index in [1.165, 1.54) is 10.5 Å². The highest BCUT2D eigenvalue weighted by Gasteiger charge is 2.33. The van der Waals surface area contributed by atoms with Gasteiger partial charge >= 0.3 is 0 Å². The predicted octanol–water partition coefficient (Wildman–Crippen LogP) is 2.97. The summed E-state index contributed by atoms with van der Waals surface area (Å²) in [6.07, 6.45) is 3.22. The van der Waals surface area contributed by atoms with Gasteiger partial charge in [-0.25, -0.2) is 0 Å². The molecule has 0 aromatic heterocycles. The number of rotatable bonds is 3. The lowest BCUT2D eigenvalue weighted by atomic mass is 9.79. The first-order valence-corrected chi connectivity index (χ1v) is 7.84. The summed E-state index contributed by atoms with van der Waals surface area (Å²) in [4.78, 5) is 3.86. The molecule has 3 heteroatoms. The molecule has 2 nitrogen and oxygen atoms in total. The van der Waals surface area contributed by atoms with Gasteiger partial charge in [0, 0.05) is 30.6 Å². The van der Waals surface area contributed by atoms with Gasteiger partial charge in [0.05, 0.1) is 0 Å². The Morgan fingerprint density at radius 1 is 1.33 bits per heavy atom. The minimum absolute atomic E-state index is 0.234. The predicted molar refractivity (Wildman–Crippen MR) is 79.9 cm³/mol. The molecule has 1 fully saturated rings. The number of hydrogen-bond acceptors (Lipinski definition) is 3. The summed E-state index contributed by atoms with van der Waals surface area (Å²) in [6, 6.07) is 9.25. The van der Waals surface area contributed by atoms with E-state index in [2.05, 4.69) is 49.3 Å². The summed E-state index contributed by atoms with van der Waals surface area (Å²) in [7, 11) is 0. The van der Waals surface area contributed by atoms with Crippen LogP contribution in [-0.2, 0) is 6.54 Å². The Hall–Kier alpha value is -0.510. The lowest BCUT2D eigenvalue weighted by Gasteiger charge is -2.42. The van der Waals surface area contributed by atoms with E-state index in [9.17, 15) is 0 Å². The highest BCUT2D eigenvalue weighted by atomic mass is 32.2. The molecule has 2 rings (SSSR count). The van der Waals surface area contributed by atoms with Gasteiger partial charge in [-0.3, -0.25) is 4.90 Å². The molecule has 100 valence electrons. The Kier molecular flexibility index (Phi) is 4.36. The molecule has 0 saturated carbocycles. The summed E-state index contributed by atoms with van der Waals surface area (Å²) in [5.74, 6) is 0. The summed E-state index contributed by atoms with van der Waals surface area (Å²) in [5.41, 5.74) is 7.81. The second kappa shape index (κ2) is 5.64. The van der Waals surface area contributed by atoms with E-state index in [4.69, 9.17) is 5.73 Å². The second-order valence-corrected chi connectivity index (χ2v) is 6.82. The van der Waals surface area contributed by atoms with Crippen molar-refractivity contribution in [2.75, 3.05) is 19.3 Å². The molecule has 2 N–H and O–H groups in total. The molecule has 1 aromatic carbocycles. The van der Waals surface area contributed by atoms with Crippen LogP contribution in [0.3, 0.4) is 0 Å². The normalized spacial score (nSPS) is 24.1. The minimum atomic E-state index is 0.234. The SMILES string of the molecule is CSc1ccc(CN2CCC(N)C(C)(C)C2)cc1. The van der Waals surface area contributed by atoms with Crippen LogP contribution in [0.2, 0.25) is 0 Å². The van der Waals surface area contributed by atoms with Crippen molar-refractivity contribution in [2.24, 2.45) is 11.1 Å². The van der Waals surface area contributed by atoms with Crippen molar-refractivity contribution >= 4 is 11.8 Å². The first kappa shape index (κ1) is 13.9. The van der Waals surface area contributed by atoms with Crippen molar-refractivity contribution in [2.45, 2.75) is 37.8 Å². The Bertz CT molecular complexity index is 386. The lowest BCUT2D eigenvalue weighted by molar-refractivity contribution is 0.0899. The molecule has 0 radical (unpaired) electrons. The molecular formula is C15H24N2S. The molecule has 1 aliphatic rings. The standard InChI is InChI=1S/C15H24N2S/c1-15(2)11-17(9-8-14(15)16)10-12-4-6-13(18-3)7-5-12/h4-7,14H,8-11,16H2,1-3H3. The van der Waals surface area contributed by atoms with Gasteiger partial charge in [0.25, 0.3) is 0 Å². The highest BCUT2D eigenvalue weighted by molar-refractivity contribution is 7.98. The van der Waals surface area contributed by atoms with Crippen LogP contribution in [0.25, 0.3) is 0 Å². The van der Waals surface area contributed by atoms with E-state index in [-0.39, 0.29) is 5.41 Å². The van der Waals surface area contributed by atoms with Gasteiger partial charge in [-0.2, -0.15) is 0 Å². The average molecular weight is 264 g/mol. The van der Waals surface area contributed by atoms with E-state index < -0.39 is 0 Å². The van der Waals surface area contributed by atoms with E-state index in [0.717, 1.165) is 26.1 Å². The first-order valence-electron chi connectivity index (χ1n) is 6.62. The maximum atomic E-state index is 6.18. The molecule has 1 aromatic rings. The summed E-state index contributed by atoms with van der Waals surface area (Å²) < 4.78 is 0. The Morgan fingerprint density at radius 2 is 2.00 bits per heavy atom. The first-order chi connectivity index (χ1) is 8.51. The van der Waals surface area contributed by atoms with Crippen LogP contribution in [0.4, 0.5) is 0 Å². The number of nitrogens with zero attached hydrogens (tertiary/aromatic N) is 1. The minimum Gasteiger partial charge on any atom is -0.327 e. The summed E-state index contributed by atoms with van der Waals surface area (Å²) in [5, 5.41) is 0. The van der Waals surface area contributed by atoms with Gasteiger partial charge < -0.3 is 5.73 Å². The fourth-order valence-corrected chi connectivity index (χ4v) is 3.02. The molecule has 0 spiro atoms. The van der Waals surface area contributed by atoms with E-state index in [0.29, 0.717) is 6.04 Å². The third-order valence-electron chi connectivity index (χ3n) is 3.96. The Labute approximate surface area is 115 Å². The number of benzene rings is 1. The molecule has 0 bridgehead atoms. The third-order valence-corrected chi connectivity index (χ3v) is 4.70. The molecule has 1 unspecified atom stereocenters. The molecule has 0 amide bonds. The van der Waals surface area contributed by atoms with Crippen LogP contribution in [0, 0.1) is 5.41 Å². The van der Waals surface area contributed by atoms with Gasteiger partial charge in [-0.05, 0) is 35.8 Å². The van der Waals surface area contributed by atoms with Crippen molar-refractivity contribution in [3.8, 4) is 0 Å². The van der Waals surface area contributed by atoms with Gasteiger partial charge in [0.1, 0.15) is 0 Å². The third kappa shape index (κ3) is 3.28. The van der Waals surface area contributed by atoms with E-state index >= 15 is 0 Å². The van der Waals surface area contributed by atoms with Crippen LogP contribution in [0.1, 0.15) is 25.8 Å². The second-order valence-electron chi connectivity index (χ2n) is 5.94. The maximum absolute atomic E-state index is 6.18. The topological polar surface area (TPSA) is 29.3 Å². The number of thioether (sulfide) groups is 1. The van der Waals surface area contributed by atoms with Crippen LogP contribution in [-0.4, -0.2) is 30.3 Å². The fraction of sp³-hybridized carbons (Fsp3) is 0.600. The van der Waals surface area contributed by atoms with Gasteiger partial charge in [0.15, 0.2) is 0 Å². The molecule has 1 atom stereocenters. The fourth-order valence-electron chi connectivity index (χ4n) is 2.61. The van der Waals surface area contributed by atoms with Crippen LogP contribution in [0.15, 0.2) is 29.2 Å². The quantitative estimate of drug-likeness (QED) is 0.851. The van der Waals surface area contributed by atoms with Gasteiger partial charge in [-0.1, -0.05) is 26.0 Å². The zero-order chi connectivity index (χ0) is 13.2. The number of likely N-dealkylation sites (tertiary alicyclic amines) is 1. The smallest absolute Gasteiger partial charge is 0.0234 e. The Balaban J connectivity index is 1.97. The molecule has 1 aliphatic heterocycles. The highest BCUT2D eigenvalue weighted by Crippen LogP contribution is 2.28.